The smallest absolute Gasteiger partial charge is 0.186 e. The fourth-order valence-corrected chi connectivity index (χ4v) is 8.83. The predicted molar refractivity (Wildman–Crippen MR) is 188 cm³/mol. The highest BCUT2D eigenvalue weighted by Gasteiger charge is 2.45. The molecule has 6 aliphatic rings. The summed E-state index contributed by atoms with van der Waals surface area (Å²) in [7, 11) is 0. The van der Waals surface area contributed by atoms with Crippen molar-refractivity contribution in [1.29, 1.82) is 0 Å². The highest BCUT2D eigenvalue weighted by Crippen LogP contribution is 2.46. The highest BCUT2D eigenvalue weighted by atomic mass is 16.5. The second kappa shape index (κ2) is 13.1. The summed E-state index contributed by atoms with van der Waals surface area (Å²) in [6, 6.07) is 14.8. The maximum Gasteiger partial charge on any atom is 0.186 e. The quantitative estimate of drug-likeness (QED) is 0.270. The third-order valence-corrected chi connectivity index (χ3v) is 11.1. The van der Waals surface area contributed by atoms with Gasteiger partial charge in [0, 0.05) is 61.8 Å². The number of ether oxygens (including phenoxy) is 1. The number of benzene rings is 2. The van der Waals surface area contributed by atoms with Crippen LogP contribution in [0.2, 0.25) is 0 Å². The van der Waals surface area contributed by atoms with Gasteiger partial charge in [0.15, 0.2) is 5.90 Å². The van der Waals surface area contributed by atoms with Crippen molar-refractivity contribution in [3.05, 3.63) is 65.5 Å². The van der Waals surface area contributed by atoms with Crippen LogP contribution in [-0.2, 0) is 4.74 Å². The maximum absolute atomic E-state index is 6.52. The molecule has 5 aliphatic heterocycles. The number of likely N-dealkylation sites (tertiary alicyclic amines) is 1. The number of hydrogen-bond donors (Lipinski definition) is 1. The van der Waals surface area contributed by atoms with E-state index in [0.717, 1.165) is 56.8 Å². The van der Waals surface area contributed by atoms with Gasteiger partial charge in [-0.1, -0.05) is 57.2 Å². The van der Waals surface area contributed by atoms with Crippen LogP contribution in [0.5, 0.6) is 0 Å². The molecule has 5 saturated heterocycles. The molecular weight excluding hydrogens is 554 g/mol. The average Bonchev–Trinajstić information content (AvgIpc) is 3.57. The SMILES string of the molecule is C=C1CN(c2cccc3cccc(C4CC4)c23)CC/C1=C(/N=C(\C)OCC12CCCN1CCC2)N1CC2CCC(C1)N2.CCC. The van der Waals surface area contributed by atoms with Crippen molar-refractivity contribution in [2.24, 2.45) is 4.99 Å². The Balaban J connectivity index is 0.00000104. The topological polar surface area (TPSA) is 43.3 Å². The molecule has 1 N–H and O–H groups in total. The van der Waals surface area contributed by atoms with Crippen LogP contribution in [-0.4, -0.2) is 79.2 Å². The normalized spacial score (nSPS) is 27.4. The van der Waals surface area contributed by atoms with E-state index >= 15 is 0 Å². The minimum Gasteiger partial charge on any atom is -0.479 e. The predicted octanol–water partition coefficient (Wildman–Crippen LogP) is 7.61. The minimum atomic E-state index is 0.241. The van der Waals surface area contributed by atoms with Gasteiger partial charge in [0.2, 0.25) is 0 Å². The number of nitrogens with zero attached hydrogens (tertiary/aromatic N) is 4. The standard InChI is InChI=1S/C36H47N5O.C3H8/c1-25-21-39(33-10-4-8-28-7-3-9-32(34(28)33)27-11-12-27)20-15-31(25)35(40-22-29-13-14-30(23-40)38-29)37-26(2)42-24-36-16-5-18-41(36)19-6-17-36;1-3-2/h3-4,7-10,27,29-30,38H,1,5-6,11-24H2,2H3;3H2,1-2H3/b35-31+,37-26+;. The Hall–Kier alpha value is -2.83. The molecule has 1 aliphatic carbocycles. The molecule has 2 aromatic rings. The summed E-state index contributed by atoms with van der Waals surface area (Å²) in [5, 5.41) is 6.63. The Morgan fingerprint density at radius 2 is 1.67 bits per heavy atom. The molecular formula is C39H55N5O. The second-order valence-electron chi connectivity index (χ2n) is 14.7. The first-order chi connectivity index (χ1) is 22.0. The maximum atomic E-state index is 6.52. The van der Waals surface area contributed by atoms with Crippen molar-refractivity contribution in [2.75, 3.05) is 50.8 Å². The molecule has 6 nitrogen and oxygen atoms in total. The molecule has 242 valence electrons. The lowest BCUT2D eigenvalue weighted by atomic mass is 9.94. The molecule has 6 fully saturated rings. The third kappa shape index (κ3) is 6.30. The van der Waals surface area contributed by atoms with Crippen molar-refractivity contribution in [3.63, 3.8) is 0 Å². The third-order valence-electron chi connectivity index (χ3n) is 11.1. The molecule has 2 unspecified atom stereocenters. The molecule has 5 heterocycles. The van der Waals surface area contributed by atoms with Gasteiger partial charge >= 0.3 is 0 Å². The molecule has 2 bridgehead atoms. The summed E-state index contributed by atoms with van der Waals surface area (Å²) >= 11 is 0. The molecule has 2 atom stereocenters. The Morgan fingerprint density at radius 3 is 2.33 bits per heavy atom. The summed E-state index contributed by atoms with van der Waals surface area (Å²) in [5.41, 5.74) is 5.69. The number of piperazine rings is 1. The lowest BCUT2D eigenvalue weighted by molar-refractivity contribution is 0.106. The van der Waals surface area contributed by atoms with Crippen molar-refractivity contribution >= 4 is 22.4 Å². The van der Waals surface area contributed by atoms with Crippen LogP contribution in [0.3, 0.4) is 0 Å². The lowest BCUT2D eigenvalue weighted by Crippen LogP contribution is -2.51. The monoisotopic (exact) mass is 609 g/mol. The van der Waals surface area contributed by atoms with Gasteiger partial charge in [0.05, 0.1) is 5.54 Å². The number of rotatable bonds is 6. The van der Waals surface area contributed by atoms with Crippen molar-refractivity contribution in [3.8, 4) is 0 Å². The van der Waals surface area contributed by atoms with Gasteiger partial charge in [-0.25, -0.2) is 4.99 Å². The largest absolute Gasteiger partial charge is 0.479 e. The Kier molecular flexibility index (Phi) is 8.98. The van der Waals surface area contributed by atoms with Gasteiger partial charge in [0.1, 0.15) is 12.4 Å². The van der Waals surface area contributed by atoms with E-state index in [2.05, 4.69) is 77.2 Å². The molecule has 0 amide bonds. The summed E-state index contributed by atoms with van der Waals surface area (Å²) in [4.78, 5) is 13.1. The van der Waals surface area contributed by atoms with Gasteiger partial charge in [-0.05, 0) is 99.4 Å². The van der Waals surface area contributed by atoms with E-state index in [1.54, 1.807) is 0 Å². The number of anilines is 1. The molecule has 8 rings (SSSR count). The Bertz CT molecular complexity index is 1430. The van der Waals surface area contributed by atoms with Gasteiger partial charge in [-0.2, -0.15) is 0 Å². The van der Waals surface area contributed by atoms with Crippen LogP contribution in [0.1, 0.15) is 96.5 Å². The second-order valence-corrected chi connectivity index (χ2v) is 14.7. The molecule has 0 aromatic heterocycles. The van der Waals surface area contributed by atoms with Crippen molar-refractivity contribution < 1.29 is 4.74 Å². The number of fused-ring (bicyclic) bond motifs is 4. The van der Waals surface area contributed by atoms with Crippen LogP contribution in [0.15, 0.2) is 64.9 Å². The fourth-order valence-electron chi connectivity index (χ4n) is 8.83. The summed E-state index contributed by atoms with van der Waals surface area (Å²) in [6.07, 6.45) is 12.5. The molecule has 6 heteroatoms. The van der Waals surface area contributed by atoms with Crippen LogP contribution in [0.25, 0.3) is 10.8 Å². The Labute approximate surface area is 271 Å². The Morgan fingerprint density at radius 1 is 0.978 bits per heavy atom. The van der Waals surface area contributed by atoms with Gasteiger partial charge in [-0.15, -0.1) is 0 Å². The van der Waals surface area contributed by atoms with Gasteiger partial charge in [0.25, 0.3) is 0 Å². The molecule has 45 heavy (non-hydrogen) atoms. The molecule has 1 saturated carbocycles. The van der Waals surface area contributed by atoms with E-state index < -0.39 is 0 Å². The minimum absolute atomic E-state index is 0.241. The van der Waals surface area contributed by atoms with Crippen LogP contribution >= 0.6 is 0 Å². The average molecular weight is 610 g/mol. The zero-order valence-corrected chi connectivity index (χ0v) is 28.1. The summed E-state index contributed by atoms with van der Waals surface area (Å²) in [5.74, 6) is 2.67. The van der Waals surface area contributed by atoms with Gasteiger partial charge in [-0.3, -0.25) is 4.90 Å². The van der Waals surface area contributed by atoms with E-state index in [9.17, 15) is 0 Å². The highest BCUT2D eigenvalue weighted by molar-refractivity contribution is 5.98. The first-order valence-electron chi connectivity index (χ1n) is 18.1. The fraction of sp³-hybridized carbons (Fsp3) is 0.615. The zero-order chi connectivity index (χ0) is 31.0. The zero-order valence-electron chi connectivity index (χ0n) is 28.1. The van der Waals surface area contributed by atoms with Gasteiger partial charge < -0.3 is 19.9 Å². The van der Waals surface area contributed by atoms with Crippen LogP contribution in [0, 0.1) is 0 Å². The van der Waals surface area contributed by atoms with E-state index in [0.29, 0.717) is 12.1 Å². The number of aliphatic imine (C=N–C) groups is 1. The van der Waals surface area contributed by atoms with Crippen LogP contribution in [0.4, 0.5) is 5.69 Å². The van der Waals surface area contributed by atoms with Crippen molar-refractivity contribution in [2.45, 2.75) is 109 Å². The van der Waals surface area contributed by atoms with Crippen LogP contribution < -0.4 is 10.2 Å². The van der Waals surface area contributed by atoms with Crippen molar-refractivity contribution in [1.82, 2.24) is 15.1 Å². The molecule has 2 aromatic carbocycles. The van der Waals surface area contributed by atoms with E-state index in [4.69, 9.17) is 16.3 Å². The van der Waals surface area contributed by atoms with E-state index in [-0.39, 0.29) is 5.54 Å². The number of hydrogen-bond acceptors (Lipinski definition) is 6. The number of piperidine rings is 1. The first kappa shape index (κ1) is 30.8. The van der Waals surface area contributed by atoms with E-state index in [1.807, 2.05) is 0 Å². The molecule has 0 spiro atoms. The number of nitrogens with one attached hydrogen (secondary N) is 1. The lowest BCUT2D eigenvalue weighted by Gasteiger charge is -2.39. The molecule has 0 radical (unpaired) electrons. The summed E-state index contributed by atoms with van der Waals surface area (Å²) in [6.45, 7) is 18.1. The first-order valence-corrected chi connectivity index (χ1v) is 18.1. The summed E-state index contributed by atoms with van der Waals surface area (Å²) < 4.78 is 6.52. The van der Waals surface area contributed by atoms with E-state index in [1.165, 1.54) is 104 Å².